The Bertz CT molecular complexity index is 1120. The van der Waals surface area contributed by atoms with E-state index in [-0.39, 0.29) is 17.2 Å². The van der Waals surface area contributed by atoms with Gasteiger partial charge in [-0.2, -0.15) is 0 Å². The summed E-state index contributed by atoms with van der Waals surface area (Å²) >= 11 is 7.32. The second-order valence-electron chi connectivity index (χ2n) is 6.21. The van der Waals surface area contributed by atoms with Crippen molar-refractivity contribution in [2.45, 2.75) is 12.1 Å². The topological polar surface area (TPSA) is 82.5 Å². The smallest absolute Gasteiger partial charge is 0.258 e. The molecule has 0 saturated heterocycles. The van der Waals surface area contributed by atoms with Gasteiger partial charge in [0.15, 0.2) is 5.16 Å². The number of carbonyl (C=O) groups is 1. The number of para-hydroxylation sites is 1. The highest BCUT2D eigenvalue weighted by atomic mass is 35.5. The maximum absolute atomic E-state index is 12.6. The van der Waals surface area contributed by atoms with E-state index in [1.807, 2.05) is 30.3 Å². The summed E-state index contributed by atoms with van der Waals surface area (Å²) in [6.07, 6.45) is 0. The predicted molar refractivity (Wildman–Crippen MR) is 118 cm³/mol. The van der Waals surface area contributed by atoms with E-state index in [2.05, 4.69) is 10.3 Å². The van der Waals surface area contributed by atoms with E-state index in [0.717, 1.165) is 11.8 Å². The number of amides is 1. The van der Waals surface area contributed by atoms with Crippen LogP contribution in [0.25, 0.3) is 5.69 Å². The number of carbonyl (C=O) groups excluding carboxylic acids is 1. The number of thioether (sulfide) groups is 1. The molecule has 0 fully saturated rings. The van der Waals surface area contributed by atoms with E-state index < -0.39 is 0 Å². The molecule has 30 heavy (non-hydrogen) atoms. The van der Waals surface area contributed by atoms with Gasteiger partial charge in [0.1, 0.15) is 11.5 Å². The highest BCUT2D eigenvalue weighted by Crippen LogP contribution is 2.36. The first-order chi connectivity index (χ1) is 14.4. The molecule has 0 aliphatic carbocycles. The van der Waals surface area contributed by atoms with Crippen molar-refractivity contribution in [2.24, 2.45) is 0 Å². The van der Waals surface area contributed by atoms with Crippen molar-refractivity contribution in [1.29, 1.82) is 0 Å². The van der Waals surface area contributed by atoms with Crippen molar-refractivity contribution in [3.63, 3.8) is 0 Å². The van der Waals surface area contributed by atoms with Crippen LogP contribution in [0.15, 0.2) is 58.5 Å². The van der Waals surface area contributed by atoms with Gasteiger partial charge >= 0.3 is 0 Å². The predicted octanol–water partition coefficient (Wildman–Crippen LogP) is 3.94. The number of aromatic nitrogens is 2. The molecule has 0 spiro atoms. The maximum atomic E-state index is 12.6. The Morgan fingerprint density at radius 2 is 1.83 bits per heavy atom. The van der Waals surface area contributed by atoms with Gasteiger partial charge in [-0.3, -0.25) is 14.2 Å². The molecule has 1 heterocycles. The molecule has 0 radical (unpaired) electrons. The van der Waals surface area contributed by atoms with Crippen LogP contribution in [0, 0.1) is 6.92 Å². The van der Waals surface area contributed by atoms with Gasteiger partial charge in [-0.25, -0.2) is 4.98 Å². The van der Waals surface area contributed by atoms with Gasteiger partial charge in [-0.05, 0) is 25.1 Å². The summed E-state index contributed by atoms with van der Waals surface area (Å²) in [4.78, 5) is 29.5. The van der Waals surface area contributed by atoms with Gasteiger partial charge in [-0.15, -0.1) is 0 Å². The molecular weight excluding hydrogens is 426 g/mol. The monoisotopic (exact) mass is 445 g/mol. The first-order valence-corrected chi connectivity index (χ1v) is 10.3. The van der Waals surface area contributed by atoms with Crippen LogP contribution in [-0.4, -0.2) is 35.4 Å². The highest BCUT2D eigenvalue weighted by molar-refractivity contribution is 7.99. The highest BCUT2D eigenvalue weighted by Gasteiger charge is 2.15. The van der Waals surface area contributed by atoms with Crippen molar-refractivity contribution in [2.75, 3.05) is 25.3 Å². The first-order valence-electron chi connectivity index (χ1n) is 8.93. The Labute approximate surface area is 183 Å². The van der Waals surface area contributed by atoms with E-state index in [1.54, 1.807) is 19.1 Å². The minimum absolute atomic E-state index is 0.0372. The zero-order chi connectivity index (χ0) is 21.7. The lowest BCUT2D eigenvalue weighted by Crippen LogP contribution is -2.22. The molecule has 0 saturated carbocycles. The van der Waals surface area contributed by atoms with Gasteiger partial charge in [0, 0.05) is 17.8 Å². The maximum Gasteiger partial charge on any atom is 0.258 e. The summed E-state index contributed by atoms with van der Waals surface area (Å²) in [7, 11) is 2.99. The van der Waals surface area contributed by atoms with E-state index >= 15 is 0 Å². The van der Waals surface area contributed by atoms with Crippen LogP contribution in [0.2, 0.25) is 5.02 Å². The van der Waals surface area contributed by atoms with Crippen LogP contribution in [0.1, 0.15) is 5.69 Å². The van der Waals surface area contributed by atoms with Crippen molar-refractivity contribution in [3.05, 3.63) is 69.6 Å². The molecule has 156 valence electrons. The molecule has 0 aliphatic rings. The molecule has 0 bridgehead atoms. The Balaban J connectivity index is 1.81. The fourth-order valence-electron chi connectivity index (χ4n) is 2.76. The average Bonchev–Trinajstić information content (AvgIpc) is 2.72. The second kappa shape index (κ2) is 9.69. The number of hydrogen-bond donors (Lipinski definition) is 1. The van der Waals surface area contributed by atoms with Gasteiger partial charge in [-0.1, -0.05) is 41.6 Å². The summed E-state index contributed by atoms with van der Waals surface area (Å²) in [5, 5.41) is 3.55. The third kappa shape index (κ3) is 4.95. The third-order valence-electron chi connectivity index (χ3n) is 4.11. The average molecular weight is 446 g/mol. The van der Waals surface area contributed by atoms with Gasteiger partial charge < -0.3 is 14.8 Å². The summed E-state index contributed by atoms with van der Waals surface area (Å²) in [5.41, 5.74) is 1.48. The minimum atomic E-state index is -0.296. The number of anilines is 1. The molecular formula is C21H20ClN3O4S. The van der Waals surface area contributed by atoms with Crippen molar-refractivity contribution < 1.29 is 14.3 Å². The Kier molecular flexibility index (Phi) is 7.02. The zero-order valence-corrected chi connectivity index (χ0v) is 18.2. The molecule has 0 atom stereocenters. The second-order valence-corrected chi connectivity index (χ2v) is 7.56. The van der Waals surface area contributed by atoms with Gasteiger partial charge in [0.25, 0.3) is 5.56 Å². The normalized spacial score (nSPS) is 10.5. The van der Waals surface area contributed by atoms with Crippen molar-refractivity contribution in [1.82, 2.24) is 9.55 Å². The van der Waals surface area contributed by atoms with Gasteiger partial charge in [0.2, 0.25) is 5.91 Å². The van der Waals surface area contributed by atoms with E-state index in [0.29, 0.717) is 38.7 Å². The van der Waals surface area contributed by atoms with E-state index in [1.165, 1.54) is 24.9 Å². The SMILES string of the molecule is COc1cc(OC)c(NC(=O)CSc2nc(C)cc(=O)n2-c2ccccc2)cc1Cl. The molecule has 2 aromatic carbocycles. The van der Waals surface area contributed by atoms with Crippen molar-refractivity contribution in [3.8, 4) is 17.2 Å². The lowest BCUT2D eigenvalue weighted by Gasteiger charge is -2.14. The zero-order valence-electron chi connectivity index (χ0n) is 16.6. The number of halogens is 1. The van der Waals surface area contributed by atoms with E-state index in [4.69, 9.17) is 21.1 Å². The van der Waals surface area contributed by atoms with Crippen LogP contribution in [-0.2, 0) is 4.79 Å². The number of rotatable bonds is 7. The van der Waals surface area contributed by atoms with E-state index in [9.17, 15) is 9.59 Å². The molecule has 0 unspecified atom stereocenters. The minimum Gasteiger partial charge on any atom is -0.495 e. The summed E-state index contributed by atoms with van der Waals surface area (Å²) in [6.45, 7) is 1.74. The number of nitrogens with zero attached hydrogens (tertiary/aromatic N) is 2. The number of methoxy groups -OCH3 is 2. The van der Waals surface area contributed by atoms with Crippen LogP contribution in [0.3, 0.4) is 0 Å². The Morgan fingerprint density at radius 1 is 1.13 bits per heavy atom. The van der Waals surface area contributed by atoms with Crippen LogP contribution in [0.4, 0.5) is 5.69 Å². The quantitative estimate of drug-likeness (QED) is 0.438. The lowest BCUT2D eigenvalue weighted by atomic mass is 10.2. The lowest BCUT2D eigenvalue weighted by molar-refractivity contribution is -0.113. The van der Waals surface area contributed by atoms with Crippen LogP contribution >= 0.6 is 23.4 Å². The summed E-state index contributed by atoms with van der Waals surface area (Å²) in [5.74, 6) is 0.603. The molecule has 7 nitrogen and oxygen atoms in total. The summed E-state index contributed by atoms with van der Waals surface area (Å²) in [6, 6.07) is 13.8. The fraction of sp³-hybridized carbons (Fsp3) is 0.190. The third-order valence-corrected chi connectivity index (χ3v) is 5.34. The molecule has 9 heteroatoms. The number of hydrogen-bond acceptors (Lipinski definition) is 6. The standard InChI is InChI=1S/C21H20ClN3O4S/c1-13-9-20(27)25(14-7-5-4-6-8-14)21(23-13)30-12-19(26)24-16-10-15(22)17(28-2)11-18(16)29-3/h4-11H,12H2,1-3H3,(H,24,26). The molecule has 1 amide bonds. The fourth-order valence-corrected chi connectivity index (χ4v) is 3.86. The number of benzene rings is 2. The van der Waals surface area contributed by atoms with Crippen LogP contribution < -0.4 is 20.3 Å². The van der Waals surface area contributed by atoms with Crippen molar-refractivity contribution >= 4 is 35.0 Å². The number of ether oxygens (including phenoxy) is 2. The first kappa shape index (κ1) is 21.7. The molecule has 1 aromatic heterocycles. The Hall–Kier alpha value is -2.97. The molecule has 3 rings (SSSR count). The summed E-state index contributed by atoms with van der Waals surface area (Å²) < 4.78 is 11.9. The molecule has 0 aliphatic heterocycles. The Morgan fingerprint density at radius 3 is 2.50 bits per heavy atom. The number of nitrogens with one attached hydrogen (secondary N) is 1. The molecule has 1 N–H and O–H groups in total. The number of aryl methyl sites for hydroxylation is 1. The van der Waals surface area contributed by atoms with Gasteiger partial charge in [0.05, 0.1) is 36.4 Å². The van der Waals surface area contributed by atoms with Crippen LogP contribution in [0.5, 0.6) is 11.5 Å². The largest absolute Gasteiger partial charge is 0.495 e. The molecule has 3 aromatic rings.